The lowest BCUT2D eigenvalue weighted by atomic mass is 10.1. The Bertz CT molecular complexity index is 842. The molecule has 0 aromatic heterocycles. The third kappa shape index (κ3) is 6.07. The van der Waals surface area contributed by atoms with Gasteiger partial charge in [-0.1, -0.05) is 52.7 Å². The van der Waals surface area contributed by atoms with Crippen LogP contribution in [0.25, 0.3) is 0 Å². The van der Waals surface area contributed by atoms with Crippen LogP contribution in [0, 0.1) is 20.8 Å². The molecule has 0 spiro atoms. The van der Waals surface area contributed by atoms with E-state index in [1.807, 2.05) is 64.1 Å². The van der Waals surface area contributed by atoms with E-state index >= 15 is 0 Å². The Morgan fingerprint density at radius 2 is 1.69 bits per heavy atom. The number of halogens is 1. The fraction of sp³-hybridized carbons (Fsp3) is 0.391. The van der Waals surface area contributed by atoms with Gasteiger partial charge in [-0.3, -0.25) is 9.59 Å². The number of benzene rings is 2. The van der Waals surface area contributed by atoms with E-state index in [9.17, 15) is 9.59 Å². The molecule has 0 aliphatic heterocycles. The number of carbonyl (C=O) groups excluding carboxylic acids is 2. The third-order valence-electron chi connectivity index (χ3n) is 4.88. The molecule has 6 heteroatoms. The summed E-state index contributed by atoms with van der Waals surface area (Å²) in [4.78, 5) is 27.0. The molecular formula is C23H29BrN2O3. The van der Waals surface area contributed by atoms with E-state index in [2.05, 4.69) is 21.2 Å². The van der Waals surface area contributed by atoms with Crippen molar-refractivity contribution in [3.63, 3.8) is 0 Å². The molecule has 2 rings (SSSR count). The molecule has 2 aromatic carbocycles. The Hall–Kier alpha value is -2.34. The molecule has 0 aliphatic carbocycles. The highest BCUT2D eigenvalue weighted by atomic mass is 79.9. The summed E-state index contributed by atoms with van der Waals surface area (Å²) < 4.78 is 6.82. The number of nitrogens with zero attached hydrogens (tertiary/aromatic N) is 1. The zero-order valence-electron chi connectivity index (χ0n) is 17.7. The van der Waals surface area contributed by atoms with Gasteiger partial charge in [0, 0.05) is 18.1 Å². The lowest BCUT2D eigenvalue weighted by Gasteiger charge is -2.30. The van der Waals surface area contributed by atoms with Gasteiger partial charge in [0.15, 0.2) is 6.61 Å². The van der Waals surface area contributed by atoms with Crippen molar-refractivity contribution in [1.29, 1.82) is 0 Å². The molecule has 0 fully saturated rings. The van der Waals surface area contributed by atoms with Crippen LogP contribution in [-0.2, 0) is 16.1 Å². The van der Waals surface area contributed by atoms with E-state index < -0.39 is 6.04 Å². The molecule has 0 heterocycles. The maximum Gasteiger partial charge on any atom is 0.261 e. The van der Waals surface area contributed by atoms with Gasteiger partial charge in [0.25, 0.3) is 5.91 Å². The van der Waals surface area contributed by atoms with Gasteiger partial charge in [-0.05, 0) is 56.0 Å². The number of hydrogen-bond donors (Lipinski definition) is 1. The normalized spacial score (nSPS) is 11.7. The number of hydrogen-bond acceptors (Lipinski definition) is 3. The van der Waals surface area contributed by atoms with Crippen LogP contribution in [0.15, 0.2) is 40.9 Å². The largest absolute Gasteiger partial charge is 0.484 e. The molecule has 2 amide bonds. The lowest BCUT2D eigenvalue weighted by molar-refractivity contribution is -0.142. The molecule has 2 aromatic rings. The van der Waals surface area contributed by atoms with Crippen LogP contribution in [0.2, 0.25) is 0 Å². The second-order valence-corrected chi connectivity index (χ2v) is 8.00. The second-order valence-electron chi connectivity index (χ2n) is 7.21. The molecule has 0 aliphatic rings. The van der Waals surface area contributed by atoms with E-state index in [1.165, 1.54) is 0 Å². The zero-order valence-corrected chi connectivity index (χ0v) is 19.3. The number of ether oxygens (including phenoxy) is 1. The molecule has 1 N–H and O–H groups in total. The maximum absolute atomic E-state index is 13.1. The van der Waals surface area contributed by atoms with Crippen LogP contribution in [0.4, 0.5) is 0 Å². The molecule has 0 unspecified atom stereocenters. The lowest BCUT2D eigenvalue weighted by Crippen LogP contribution is -2.49. The SMILES string of the molecule is CC[C@@H](C(=O)NC)N(Cc1ccc(C)cc1)C(=O)COc1cc(C)c(Br)c(C)c1. The minimum Gasteiger partial charge on any atom is -0.484 e. The van der Waals surface area contributed by atoms with Crippen LogP contribution in [0.3, 0.4) is 0 Å². The van der Waals surface area contributed by atoms with Gasteiger partial charge in [0.2, 0.25) is 5.91 Å². The van der Waals surface area contributed by atoms with E-state index in [-0.39, 0.29) is 18.4 Å². The van der Waals surface area contributed by atoms with Crippen molar-refractivity contribution in [2.24, 2.45) is 0 Å². The standard InChI is InChI=1S/C23H29BrN2O3/c1-6-20(23(28)25-5)26(13-18-9-7-15(2)8-10-18)21(27)14-29-19-11-16(3)22(24)17(4)12-19/h7-12,20H,6,13-14H2,1-5H3,(H,25,28)/t20-/m0/s1. The van der Waals surface area contributed by atoms with E-state index in [1.54, 1.807) is 11.9 Å². The zero-order chi connectivity index (χ0) is 21.6. The van der Waals surface area contributed by atoms with Gasteiger partial charge < -0.3 is 15.0 Å². The van der Waals surface area contributed by atoms with Gasteiger partial charge in [0.05, 0.1) is 0 Å². The number of amides is 2. The van der Waals surface area contributed by atoms with Crippen LogP contribution < -0.4 is 10.1 Å². The number of nitrogens with one attached hydrogen (secondary N) is 1. The molecule has 0 saturated carbocycles. The van der Waals surface area contributed by atoms with Crippen molar-refractivity contribution in [3.8, 4) is 5.75 Å². The van der Waals surface area contributed by atoms with Crippen LogP contribution >= 0.6 is 15.9 Å². The predicted molar refractivity (Wildman–Crippen MR) is 119 cm³/mol. The molecule has 29 heavy (non-hydrogen) atoms. The van der Waals surface area contributed by atoms with Crippen LogP contribution in [0.1, 0.15) is 35.6 Å². The summed E-state index contributed by atoms with van der Waals surface area (Å²) in [6, 6.07) is 11.2. The Kier molecular flexibility index (Phi) is 8.26. The minimum atomic E-state index is -0.550. The van der Waals surface area contributed by atoms with Crippen molar-refractivity contribution >= 4 is 27.7 Å². The van der Waals surface area contributed by atoms with Gasteiger partial charge in [-0.25, -0.2) is 0 Å². The predicted octanol–water partition coefficient (Wildman–Crippen LogP) is 4.31. The fourth-order valence-electron chi connectivity index (χ4n) is 3.19. The number of carbonyl (C=O) groups is 2. The summed E-state index contributed by atoms with van der Waals surface area (Å²) in [6.07, 6.45) is 0.522. The van der Waals surface area contributed by atoms with E-state index in [0.717, 1.165) is 26.7 Å². The van der Waals surface area contributed by atoms with Gasteiger partial charge in [0.1, 0.15) is 11.8 Å². The smallest absolute Gasteiger partial charge is 0.261 e. The molecular weight excluding hydrogens is 432 g/mol. The average Bonchev–Trinajstić information content (AvgIpc) is 2.71. The van der Waals surface area contributed by atoms with Crippen molar-refractivity contribution in [2.75, 3.05) is 13.7 Å². The first-order valence-corrected chi connectivity index (χ1v) is 10.5. The maximum atomic E-state index is 13.1. The molecule has 5 nitrogen and oxygen atoms in total. The van der Waals surface area contributed by atoms with Gasteiger partial charge in [-0.15, -0.1) is 0 Å². The number of likely N-dealkylation sites (N-methyl/N-ethyl adjacent to an activating group) is 1. The summed E-state index contributed by atoms with van der Waals surface area (Å²) in [5.74, 6) is 0.238. The first kappa shape index (κ1) is 22.9. The highest BCUT2D eigenvalue weighted by molar-refractivity contribution is 9.10. The first-order chi connectivity index (χ1) is 13.8. The number of aryl methyl sites for hydroxylation is 3. The van der Waals surface area contributed by atoms with E-state index in [4.69, 9.17) is 4.74 Å². The van der Waals surface area contributed by atoms with Gasteiger partial charge >= 0.3 is 0 Å². The minimum absolute atomic E-state index is 0.125. The topological polar surface area (TPSA) is 58.6 Å². The third-order valence-corrected chi connectivity index (χ3v) is 6.13. The Balaban J connectivity index is 2.21. The fourth-order valence-corrected chi connectivity index (χ4v) is 3.42. The first-order valence-electron chi connectivity index (χ1n) is 9.73. The highest BCUT2D eigenvalue weighted by Gasteiger charge is 2.28. The van der Waals surface area contributed by atoms with Crippen molar-refractivity contribution in [1.82, 2.24) is 10.2 Å². The quantitative estimate of drug-likeness (QED) is 0.638. The van der Waals surface area contributed by atoms with E-state index in [0.29, 0.717) is 18.7 Å². The Labute approximate surface area is 181 Å². The van der Waals surface area contributed by atoms with Crippen molar-refractivity contribution in [3.05, 3.63) is 63.1 Å². The summed E-state index contributed by atoms with van der Waals surface area (Å²) in [5, 5.41) is 2.66. The number of rotatable bonds is 8. The summed E-state index contributed by atoms with van der Waals surface area (Å²) in [6.45, 7) is 8.11. The van der Waals surface area contributed by atoms with Gasteiger partial charge in [-0.2, -0.15) is 0 Å². The summed E-state index contributed by atoms with van der Waals surface area (Å²) in [5.41, 5.74) is 4.21. The molecule has 0 radical (unpaired) electrons. The average molecular weight is 461 g/mol. The summed E-state index contributed by atoms with van der Waals surface area (Å²) in [7, 11) is 1.59. The second kappa shape index (κ2) is 10.4. The Morgan fingerprint density at radius 1 is 1.10 bits per heavy atom. The molecule has 0 saturated heterocycles. The van der Waals surface area contributed by atoms with Crippen LogP contribution in [0.5, 0.6) is 5.75 Å². The Morgan fingerprint density at radius 3 is 2.21 bits per heavy atom. The van der Waals surface area contributed by atoms with Crippen molar-refractivity contribution < 1.29 is 14.3 Å². The molecule has 0 bridgehead atoms. The summed E-state index contributed by atoms with van der Waals surface area (Å²) >= 11 is 3.54. The highest BCUT2D eigenvalue weighted by Crippen LogP contribution is 2.26. The van der Waals surface area contributed by atoms with Crippen LogP contribution in [-0.4, -0.2) is 36.4 Å². The monoisotopic (exact) mass is 460 g/mol. The molecule has 156 valence electrons. The molecule has 1 atom stereocenters. The van der Waals surface area contributed by atoms with Crippen molar-refractivity contribution in [2.45, 2.75) is 46.7 Å².